The van der Waals surface area contributed by atoms with Crippen molar-refractivity contribution in [2.24, 2.45) is 5.92 Å². The molecular weight excluding hydrogens is 369 g/mol. The van der Waals surface area contributed by atoms with Gasteiger partial charge >= 0.3 is 0 Å². The highest BCUT2D eigenvalue weighted by Gasteiger charge is 2.19. The van der Waals surface area contributed by atoms with Crippen LogP contribution in [0.2, 0.25) is 0 Å². The molecule has 0 aromatic heterocycles. The van der Waals surface area contributed by atoms with E-state index in [1.165, 1.54) is 42.9 Å². The summed E-state index contributed by atoms with van der Waals surface area (Å²) in [4.78, 5) is 0. The molecule has 0 bridgehead atoms. The molecule has 1 aliphatic carbocycles. The van der Waals surface area contributed by atoms with Gasteiger partial charge in [0.2, 0.25) is 0 Å². The Labute approximate surface area is 178 Å². The fourth-order valence-corrected chi connectivity index (χ4v) is 4.29. The molecule has 1 fully saturated rings. The van der Waals surface area contributed by atoms with Gasteiger partial charge in [-0.3, -0.25) is 0 Å². The molecule has 3 aromatic rings. The van der Waals surface area contributed by atoms with Crippen LogP contribution in [0.4, 0.5) is 4.39 Å². The monoisotopic (exact) mass is 393 g/mol. The minimum absolute atomic E-state index is 0.240. The predicted octanol–water partition coefficient (Wildman–Crippen LogP) is 7.33. The smallest absolute Gasteiger partial charge is 0.152 e. The normalized spacial score (nSPS) is 18.2. The zero-order chi connectivity index (χ0) is 20.9. The summed E-state index contributed by atoms with van der Waals surface area (Å²) in [6.45, 7) is 2.36. The van der Waals surface area contributed by atoms with E-state index in [2.05, 4.69) is 55.2 Å². The topological polar surface area (TPSA) is 23.8 Å². The van der Waals surface area contributed by atoms with Crippen LogP contribution in [0.5, 0.6) is 0 Å². The molecule has 0 unspecified atom stereocenters. The van der Waals surface area contributed by atoms with Crippen molar-refractivity contribution in [2.75, 3.05) is 0 Å². The molecule has 1 saturated carbocycles. The molecule has 30 heavy (non-hydrogen) atoms. The van der Waals surface area contributed by atoms with Gasteiger partial charge in [-0.05, 0) is 70.5 Å². The van der Waals surface area contributed by atoms with E-state index >= 15 is 0 Å². The summed E-state index contributed by atoms with van der Waals surface area (Å²) in [6, 6.07) is 23.8. The first-order valence-electron chi connectivity index (χ1n) is 10.5. The third-order valence-electron chi connectivity index (χ3n) is 6.17. The van der Waals surface area contributed by atoms with Gasteiger partial charge in [-0.15, -0.1) is 0 Å². The second-order valence-electron chi connectivity index (χ2n) is 8.21. The first kappa shape index (κ1) is 19.9. The van der Waals surface area contributed by atoms with E-state index in [0.717, 1.165) is 22.6 Å². The minimum atomic E-state index is -0.410. The Morgan fingerprint density at radius 2 is 1.30 bits per heavy atom. The largest absolute Gasteiger partial charge is 0.206 e. The van der Waals surface area contributed by atoms with Gasteiger partial charge in [-0.2, -0.15) is 5.26 Å². The van der Waals surface area contributed by atoms with Crippen molar-refractivity contribution in [1.29, 1.82) is 5.26 Å². The molecule has 0 atom stereocenters. The first-order valence-corrected chi connectivity index (χ1v) is 10.5. The van der Waals surface area contributed by atoms with Crippen molar-refractivity contribution in [3.8, 4) is 40.2 Å². The van der Waals surface area contributed by atoms with Gasteiger partial charge in [0, 0.05) is 5.92 Å². The molecule has 0 aliphatic heterocycles. The Bertz CT molecular complexity index is 1120. The van der Waals surface area contributed by atoms with E-state index in [1.54, 1.807) is 12.1 Å². The number of nitrogens with zero attached hydrogens (tertiary/aromatic N) is 1. The lowest BCUT2D eigenvalue weighted by molar-refractivity contribution is 0.348. The fourth-order valence-electron chi connectivity index (χ4n) is 4.29. The maximum absolute atomic E-state index is 14.2. The summed E-state index contributed by atoms with van der Waals surface area (Å²) in [5.41, 5.74) is 5.79. The number of benzene rings is 3. The van der Waals surface area contributed by atoms with Crippen LogP contribution < -0.4 is 0 Å². The SMILES string of the molecule is CC1CCC(c2ccc(-c3ccc(-c4ccc(C#CC#N)c(F)c4)cc3)cc2)CC1. The van der Waals surface area contributed by atoms with Crippen molar-refractivity contribution in [1.82, 2.24) is 0 Å². The van der Waals surface area contributed by atoms with Gasteiger partial charge in [0.05, 0.1) is 5.56 Å². The molecule has 0 N–H and O–H groups in total. The summed E-state index contributed by atoms with van der Waals surface area (Å²) in [5.74, 6) is 5.91. The molecule has 1 nitrogen and oxygen atoms in total. The van der Waals surface area contributed by atoms with Crippen molar-refractivity contribution in [3.63, 3.8) is 0 Å². The van der Waals surface area contributed by atoms with E-state index in [-0.39, 0.29) is 5.56 Å². The lowest BCUT2D eigenvalue weighted by atomic mass is 9.79. The maximum atomic E-state index is 14.2. The maximum Gasteiger partial charge on any atom is 0.152 e. The van der Waals surface area contributed by atoms with Crippen LogP contribution in [0.25, 0.3) is 22.3 Å². The summed E-state index contributed by atoms with van der Waals surface area (Å²) in [6.07, 6.45) is 5.26. The molecule has 0 saturated heterocycles. The van der Waals surface area contributed by atoms with E-state index < -0.39 is 5.82 Å². The molecule has 0 spiro atoms. The van der Waals surface area contributed by atoms with Crippen LogP contribution in [0.15, 0.2) is 66.7 Å². The van der Waals surface area contributed by atoms with Gasteiger partial charge in [0.25, 0.3) is 0 Å². The highest BCUT2D eigenvalue weighted by molar-refractivity contribution is 5.71. The van der Waals surface area contributed by atoms with E-state index in [4.69, 9.17) is 5.26 Å². The van der Waals surface area contributed by atoms with Crippen LogP contribution in [0.1, 0.15) is 49.7 Å². The fraction of sp³-hybridized carbons (Fsp3) is 0.250. The van der Waals surface area contributed by atoms with Crippen LogP contribution in [0.3, 0.4) is 0 Å². The molecule has 4 rings (SSSR count). The average molecular weight is 394 g/mol. The summed E-state index contributed by atoms with van der Waals surface area (Å²) in [5, 5.41) is 8.52. The van der Waals surface area contributed by atoms with Gasteiger partial charge < -0.3 is 0 Å². The summed E-state index contributed by atoms with van der Waals surface area (Å²) >= 11 is 0. The van der Waals surface area contributed by atoms with Crippen LogP contribution in [-0.4, -0.2) is 0 Å². The Morgan fingerprint density at radius 1 is 0.767 bits per heavy atom. The van der Waals surface area contributed by atoms with Gasteiger partial charge in [0.1, 0.15) is 5.82 Å². The Hall–Kier alpha value is -3.36. The second-order valence-corrected chi connectivity index (χ2v) is 8.21. The van der Waals surface area contributed by atoms with Crippen LogP contribution in [0, 0.1) is 34.9 Å². The quantitative estimate of drug-likeness (QED) is 0.427. The molecule has 0 amide bonds. The lowest BCUT2D eigenvalue weighted by Gasteiger charge is -2.26. The van der Waals surface area contributed by atoms with E-state index in [0.29, 0.717) is 5.92 Å². The molecule has 0 heterocycles. The highest BCUT2D eigenvalue weighted by Crippen LogP contribution is 2.36. The average Bonchev–Trinajstić information content (AvgIpc) is 2.79. The van der Waals surface area contributed by atoms with E-state index in [1.807, 2.05) is 18.2 Å². The van der Waals surface area contributed by atoms with Crippen molar-refractivity contribution in [2.45, 2.75) is 38.5 Å². The molecule has 148 valence electrons. The number of halogens is 1. The Morgan fingerprint density at radius 3 is 1.87 bits per heavy atom. The Kier molecular flexibility index (Phi) is 5.97. The third-order valence-corrected chi connectivity index (χ3v) is 6.17. The zero-order valence-electron chi connectivity index (χ0n) is 17.2. The standard InChI is InChI=1S/C28H24FN/c1-20-4-6-21(7-5-20)22-8-10-23(11-9-22)24-12-14-25(15-13-24)27-17-16-26(3-2-18-30)28(29)19-27/h8-17,19-21H,4-7H2,1H3. The number of nitriles is 1. The van der Waals surface area contributed by atoms with Gasteiger partial charge in [0.15, 0.2) is 6.07 Å². The number of rotatable bonds is 3. The van der Waals surface area contributed by atoms with E-state index in [9.17, 15) is 4.39 Å². The highest BCUT2D eigenvalue weighted by atomic mass is 19.1. The second kappa shape index (κ2) is 8.98. The predicted molar refractivity (Wildman–Crippen MR) is 120 cm³/mol. The molecular formula is C28H24FN. The number of hydrogen-bond donors (Lipinski definition) is 0. The minimum Gasteiger partial charge on any atom is -0.206 e. The van der Waals surface area contributed by atoms with Crippen LogP contribution in [-0.2, 0) is 0 Å². The van der Waals surface area contributed by atoms with Gasteiger partial charge in [-0.1, -0.05) is 74.4 Å². The third kappa shape index (κ3) is 4.45. The van der Waals surface area contributed by atoms with Crippen molar-refractivity contribution >= 4 is 0 Å². The molecule has 2 heteroatoms. The lowest BCUT2D eigenvalue weighted by Crippen LogP contribution is -2.10. The van der Waals surface area contributed by atoms with Crippen molar-refractivity contribution in [3.05, 3.63) is 83.7 Å². The summed E-state index contributed by atoms with van der Waals surface area (Å²) in [7, 11) is 0. The molecule has 1 aliphatic rings. The zero-order valence-corrected chi connectivity index (χ0v) is 17.2. The first-order chi connectivity index (χ1) is 14.6. The molecule has 0 radical (unpaired) electrons. The van der Waals surface area contributed by atoms with Crippen LogP contribution >= 0.6 is 0 Å². The van der Waals surface area contributed by atoms with Crippen molar-refractivity contribution < 1.29 is 4.39 Å². The molecule has 3 aromatic carbocycles. The summed E-state index contributed by atoms with van der Waals surface area (Å²) < 4.78 is 14.2. The Balaban J connectivity index is 1.50. The number of hydrogen-bond acceptors (Lipinski definition) is 1. The van der Waals surface area contributed by atoms with Gasteiger partial charge in [-0.25, -0.2) is 4.39 Å².